The third-order valence-corrected chi connectivity index (χ3v) is 3.98. The fraction of sp³-hybridized carbons (Fsp3) is 0.312. The van der Waals surface area contributed by atoms with E-state index in [1.165, 1.54) is 23.5 Å². The smallest absolute Gasteiger partial charge is 0.356 e. The molecule has 21 heavy (non-hydrogen) atoms. The molecule has 1 aromatic carbocycles. The van der Waals surface area contributed by atoms with Crippen molar-refractivity contribution in [2.24, 2.45) is 0 Å². The molecule has 1 aliphatic carbocycles. The highest BCUT2D eigenvalue weighted by Gasteiger charge is 2.24. The maximum atomic E-state index is 10.8. The summed E-state index contributed by atoms with van der Waals surface area (Å²) in [6, 6.07) is 8.63. The number of anilines is 1. The van der Waals surface area contributed by atoms with E-state index in [4.69, 9.17) is 5.11 Å². The first-order chi connectivity index (χ1) is 10.1. The molecule has 0 spiro atoms. The van der Waals surface area contributed by atoms with Crippen LogP contribution < -0.4 is 5.32 Å². The molecule has 3 rings (SSSR count). The van der Waals surface area contributed by atoms with Gasteiger partial charge in [-0.15, -0.1) is 0 Å². The predicted molar refractivity (Wildman–Crippen MR) is 79.4 cm³/mol. The lowest BCUT2D eigenvalue weighted by atomic mass is 9.81. The first kappa shape index (κ1) is 13.5. The molecule has 5 nitrogen and oxygen atoms in total. The van der Waals surface area contributed by atoms with Gasteiger partial charge in [-0.1, -0.05) is 31.2 Å². The van der Waals surface area contributed by atoms with E-state index in [0.29, 0.717) is 11.7 Å². The number of carboxylic acids is 1. The number of carboxylic acid groups (broad SMARTS) is 1. The lowest BCUT2D eigenvalue weighted by Gasteiger charge is -2.30. The summed E-state index contributed by atoms with van der Waals surface area (Å²) < 4.78 is 0. The third-order valence-electron chi connectivity index (χ3n) is 3.98. The van der Waals surface area contributed by atoms with Crippen LogP contribution in [0.25, 0.3) is 0 Å². The number of carbonyl (C=O) groups is 1. The molecule has 0 fully saturated rings. The summed E-state index contributed by atoms with van der Waals surface area (Å²) in [6.07, 6.45) is 4.90. The molecule has 0 amide bonds. The molecule has 1 heterocycles. The highest BCUT2D eigenvalue weighted by atomic mass is 16.4. The van der Waals surface area contributed by atoms with Gasteiger partial charge in [0.15, 0.2) is 5.69 Å². The van der Waals surface area contributed by atoms with E-state index in [2.05, 4.69) is 40.4 Å². The van der Waals surface area contributed by atoms with Crippen molar-refractivity contribution >= 4 is 11.8 Å². The topological polar surface area (TPSA) is 75.1 Å². The van der Waals surface area contributed by atoms with E-state index < -0.39 is 5.97 Å². The van der Waals surface area contributed by atoms with Crippen molar-refractivity contribution in [3.8, 4) is 0 Å². The van der Waals surface area contributed by atoms with Gasteiger partial charge >= 0.3 is 5.97 Å². The van der Waals surface area contributed by atoms with Crippen LogP contribution in [0.4, 0.5) is 5.82 Å². The van der Waals surface area contributed by atoms with Crippen LogP contribution in [0, 0.1) is 0 Å². The minimum absolute atomic E-state index is 0.0433. The SMILES string of the molecule is CC1CCC(Nc2cnc(C(=O)O)cn2)c2ccccc21. The summed E-state index contributed by atoms with van der Waals surface area (Å²) in [5.74, 6) is 0.111. The standard InChI is InChI=1S/C16H17N3O2/c1-10-6-7-13(12-5-3-2-4-11(10)12)19-15-9-17-14(8-18-15)16(20)21/h2-5,8-10,13H,6-7H2,1H3,(H,18,19)(H,20,21). The number of benzene rings is 1. The Balaban J connectivity index is 1.82. The zero-order valence-corrected chi connectivity index (χ0v) is 11.8. The Morgan fingerprint density at radius 1 is 1.19 bits per heavy atom. The van der Waals surface area contributed by atoms with Crippen LogP contribution in [0.2, 0.25) is 0 Å². The van der Waals surface area contributed by atoms with E-state index in [0.717, 1.165) is 12.8 Å². The van der Waals surface area contributed by atoms with Crippen LogP contribution in [0.15, 0.2) is 36.7 Å². The minimum Gasteiger partial charge on any atom is -0.476 e. The van der Waals surface area contributed by atoms with Gasteiger partial charge in [0.25, 0.3) is 0 Å². The van der Waals surface area contributed by atoms with E-state index in [9.17, 15) is 4.79 Å². The maximum absolute atomic E-state index is 10.8. The first-order valence-corrected chi connectivity index (χ1v) is 7.06. The zero-order chi connectivity index (χ0) is 14.8. The molecule has 1 aromatic heterocycles. The first-order valence-electron chi connectivity index (χ1n) is 7.06. The summed E-state index contributed by atoms with van der Waals surface area (Å²) in [7, 11) is 0. The Morgan fingerprint density at radius 2 is 1.95 bits per heavy atom. The van der Waals surface area contributed by atoms with Gasteiger partial charge in [-0.25, -0.2) is 14.8 Å². The van der Waals surface area contributed by atoms with E-state index in [1.54, 1.807) is 0 Å². The van der Waals surface area contributed by atoms with Gasteiger partial charge in [0.1, 0.15) is 5.82 Å². The number of aromatic nitrogens is 2. The average molecular weight is 283 g/mol. The predicted octanol–water partition coefficient (Wildman–Crippen LogP) is 3.23. The van der Waals surface area contributed by atoms with E-state index in [1.807, 2.05) is 6.07 Å². The summed E-state index contributed by atoms with van der Waals surface area (Å²) in [6.45, 7) is 2.25. The van der Waals surface area contributed by atoms with Crippen molar-refractivity contribution in [2.75, 3.05) is 5.32 Å². The van der Waals surface area contributed by atoms with Gasteiger partial charge in [-0.2, -0.15) is 0 Å². The van der Waals surface area contributed by atoms with Crippen molar-refractivity contribution < 1.29 is 9.90 Å². The highest BCUT2D eigenvalue weighted by molar-refractivity contribution is 5.84. The van der Waals surface area contributed by atoms with Crippen LogP contribution in [-0.2, 0) is 0 Å². The third kappa shape index (κ3) is 2.72. The number of hydrogen-bond donors (Lipinski definition) is 2. The van der Waals surface area contributed by atoms with Crippen LogP contribution in [0.1, 0.15) is 53.3 Å². The number of aromatic carboxylic acids is 1. The van der Waals surface area contributed by atoms with Gasteiger partial charge < -0.3 is 10.4 Å². The molecule has 0 saturated carbocycles. The summed E-state index contributed by atoms with van der Waals surface area (Å²) in [4.78, 5) is 18.8. The summed E-state index contributed by atoms with van der Waals surface area (Å²) >= 11 is 0. The van der Waals surface area contributed by atoms with Crippen molar-refractivity contribution in [3.63, 3.8) is 0 Å². The molecule has 0 radical (unpaired) electrons. The van der Waals surface area contributed by atoms with Crippen molar-refractivity contribution in [2.45, 2.75) is 31.7 Å². The largest absolute Gasteiger partial charge is 0.476 e. The van der Waals surface area contributed by atoms with Crippen LogP contribution in [0.5, 0.6) is 0 Å². The lowest BCUT2D eigenvalue weighted by molar-refractivity contribution is 0.0690. The molecule has 0 saturated heterocycles. The molecule has 2 atom stereocenters. The Morgan fingerprint density at radius 3 is 2.62 bits per heavy atom. The number of rotatable bonds is 3. The highest BCUT2D eigenvalue weighted by Crippen LogP contribution is 2.38. The second-order valence-electron chi connectivity index (χ2n) is 5.40. The maximum Gasteiger partial charge on any atom is 0.356 e. The average Bonchev–Trinajstić information content (AvgIpc) is 2.51. The molecule has 2 aromatic rings. The van der Waals surface area contributed by atoms with Gasteiger partial charge in [-0.05, 0) is 29.9 Å². The van der Waals surface area contributed by atoms with E-state index in [-0.39, 0.29) is 11.7 Å². The molecule has 2 N–H and O–H groups in total. The molecule has 108 valence electrons. The molecular weight excluding hydrogens is 266 g/mol. The Bertz CT molecular complexity index is 655. The summed E-state index contributed by atoms with van der Waals surface area (Å²) in [5.41, 5.74) is 2.62. The van der Waals surface area contributed by atoms with Gasteiger partial charge in [0, 0.05) is 0 Å². The number of hydrogen-bond acceptors (Lipinski definition) is 4. The lowest BCUT2D eigenvalue weighted by Crippen LogP contribution is -2.20. The molecule has 2 unspecified atom stereocenters. The van der Waals surface area contributed by atoms with E-state index >= 15 is 0 Å². The normalized spacial score (nSPS) is 20.6. The quantitative estimate of drug-likeness (QED) is 0.904. The van der Waals surface area contributed by atoms with Gasteiger partial charge in [0.05, 0.1) is 18.4 Å². The Hall–Kier alpha value is -2.43. The Kier molecular flexibility index (Phi) is 3.56. The minimum atomic E-state index is -1.06. The second-order valence-corrected chi connectivity index (χ2v) is 5.40. The van der Waals surface area contributed by atoms with Crippen molar-refractivity contribution in [3.05, 3.63) is 53.5 Å². The monoisotopic (exact) mass is 283 g/mol. The van der Waals surface area contributed by atoms with Crippen molar-refractivity contribution in [1.82, 2.24) is 9.97 Å². The molecular formula is C16H17N3O2. The van der Waals surface area contributed by atoms with Crippen LogP contribution in [0.3, 0.4) is 0 Å². The molecule has 5 heteroatoms. The Labute approximate surface area is 123 Å². The second kappa shape index (κ2) is 5.52. The van der Waals surface area contributed by atoms with Crippen LogP contribution in [-0.4, -0.2) is 21.0 Å². The summed E-state index contributed by atoms with van der Waals surface area (Å²) in [5, 5.41) is 12.2. The molecule has 1 aliphatic rings. The number of nitrogens with one attached hydrogen (secondary N) is 1. The number of nitrogens with zero attached hydrogens (tertiary/aromatic N) is 2. The van der Waals surface area contributed by atoms with Crippen LogP contribution >= 0.6 is 0 Å². The molecule has 0 aliphatic heterocycles. The van der Waals surface area contributed by atoms with Crippen molar-refractivity contribution in [1.29, 1.82) is 0 Å². The number of fused-ring (bicyclic) bond motifs is 1. The fourth-order valence-electron chi connectivity index (χ4n) is 2.85. The zero-order valence-electron chi connectivity index (χ0n) is 11.8. The van der Waals surface area contributed by atoms with Gasteiger partial charge in [-0.3, -0.25) is 0 Å². The fourth-order valence-corrected chi connectivity index (χ4v) is 2.85. The molecule has 0 bridgehead atoms. The van der Waals surface area contributed by atoms with Gasteiger partial charge in [0.2, 0.25) is 0 Å².